The normalized spacial score (nSPS) is 22.5. The molecule has 2 atom stereocenters. The molecule has 11 heteroatoms. The highest BCUT2D eigenvalue weighted by molar-refractivity contribution is 7.89. The molecular weight excluding hydrogens is 445 g/mol. The number of aromatic nitrogens is 2. The summed E-state index contributed by atoms with van der Waals surface area (Å²) in [6.07, 6.45) is -1.08. The van der Waals surface area contributed by atoms with E-state index in [9.17, 15) is 21.6 Å². The molecule has 0 radical (unpaired) electrons. The first-order valence-electron chi connectivity index (χ1n) is 10.1. The number of nitrogens with zero attached hydrogens (tertiary/aromatic N) is 4. The molecule has 2 fully saturated rings. The van der Waals surface area contributed by atoms with E-state index in [0.29, 0.717) is 37.2 Å². The van der Waals surface area contributed by atoms with Gasteiger partial charge >= 0.3 is 6.18 Å². The third-order valence-corrected chi connectivity index (χ3v) is 7.55. The number of piperazine rings is 1. The molecule has 0 aliphatic carbocycles. The molecule has 7 nitrogen and oxygen atoms in total. The van der Waals surface area contributed by atoms with Gasteiger partial charge in [0.2, 0.25) is 15.9 Å². The number of allylic oxidation sites excluding steroid dienone is 1. The fraction of sp³-hybridized carbons (Fsp3) is 0.429. The van der Waals surface area contributed by atoms with E-state index < -0.39 is 21.8 Å². The Kier molecular flexibility index (Phi) is 5.99. The van der Waals surface area contributed by atoms with Gasteiger partial charge in [-0.05, 0) is 30.7 Å². The lowest BCUT2D eigenvalue weighted by molar-refractivity contribution is -0.137. The third-order valence-electron chi connectivity index (χ3n) is 5.69. The summed E-state index contributed by atoms with van der Waals surface area (Å²) in [5.74, 6) is 0.383. The number of sulfonamides is 1. The van der Waals surface area contributed by atoms with Crippen molar-refractivity contribution in [1.29, 1.82) is 0 Å². The summed E-state index contributed by atoms with van der Waals surface area (Å²) in [6, 6.07) is 3.78. The summed E-state index contributed by atoms with van der Waals surface area (Å²) in [5.41, 5.74) is 0.492. The lowest BCUT2D eigenvalue weighted by Crippen LogP contribution is -2.51. The van der Waals surface area contributed by atoms with Crippen LogP contribution in [0.1, 0.15) is 24.6 Å². The van der Waals surface area contributed by atoms with Crippen molar-refractivity contribution in [2.45, 2.75) is 36.6 Å². The zero-order chi connectivity index (χ0) is 23.1. The number of fused-ring (bicyclic) bond motifs is 1. The Morgan fingerprint density at radius 3 is 2.62 bits per heavy atom. The van der Waals surface area contributed by atoms with Gasteiger partial charge in [0, 0.05) is 38.6 Å². The van der Waals surface area contributed by atoms with E-state index >= 15 is 0 Å². The molecule has 1 aromatic carbocycles. The number of hydrogen-bond acceptors (Lipinski definition) is 6. The van der Waals surface area contributed by atoms with E-state index in [1.165, 1.54) is 16.6 Å². The summed E-state index contributed by atoms with van der Waals surface area (Å²) in [7, 11) is -4.04. The maximum absolute atomic E-state index is 13.0. The van der Waals surface area contributed by atoms with Gasteiger partial charge in [0.15, 0.2) is 0 Å². The third kappa shape index (κ3) is 4.64. The fourth-order valence-corrected chi connectivity index (χ4v) is 5.54. The second-order valence-corrected chi connectivity index (χ2v) is 9.97. The Morgan fingerprint density at radius 2 is 1.97 bits per heavy atom. The first kappa shape index (κ1) is 22.7. The summed E-state index contributed by atoms with van der Waals surface area (Å²) in [6.45, 7) is 7.13. The molecule has 0 unspecified atom stereocenters. The monoisotopic (exact) mass is 468 g/mol. The summed E-state index contributed by atoms with van der Waals surface area (Å²) in [5, 5.41) is 0. The van der Waals surface area contributed by atoms with Gasteiger partial charge in [-0.15, -0.1) is 0 Å². The van der Waals surface area contributed by atoms with Crippen LogP contribution in [0.4, 0.5) is 13.2 Å². The zero-order valence-electron chi connectivity index (χ0n) is 17.4. The minimum absolute atomic E-state index is 0.0861. The second kappa shape index (κ2) is 8.45. The van der Waals surface area contributed by atoms with Crippen molar-refractivity contribution in [3.05, 3.63) is 54.5 Å². The average molecular weight is 469 g/mol. The van der Waals surface area contributed by atoms with Gasteiger partial charge in [-0.1, -0.05) is 12.6 Å². The Labute approximate surface area is 184 Å². The van der Waals surface area contributed by atoms with E-state index in [-0.39, 0.29) is 30.1 Å². The van der Waals surface area contributed by atoms with Crippen LogP contribution in [0.3, 0.4) is 0 Å². The van der Waals surface area contributed by atoms with E-state index in [4.69, 9.17) is 4.74 Å². The average Bonchev–Trinajstić information content (AvgIpc) is 3.15. The van der Waals surface area contributed by atoms with E-state index in [2.05, 4.69) is 21.4 Å². The SMILES string of the molecule is C=C(C)c1cnc(O[C@H]2C[C@H]3CN(S(=O)(=O)c4cccc(C(F)(F)F)c4)CCN3C2)cn1. The van der Waals surface area contributed by atoms with Crippen LogP contribution in [0.15, 0.2) is 48.1 Å². The first-order chi connectivity index (χ1) is 15.0. The summed E-state index contributed by atoms with van der Waals surface area (Å²) >= 11 is 0. The number of halogens is 3. The Balaban J connectivity index is 1.43. The topological polar surface area (TPSA) is 75.6 Å². The predicted octanol–water partition coefficient (Wildman–Crippen LogP) is 3.05. The molecule has 2 aliphatic heterocycles. The van der Waals surface area contributed by atoms with Gasteiger partial charge in [0.05, 0.1) is 28.5 Å². The van der Waals surface area contributed by atoms with Crippen molar-refractivity contribution in [3.8, 4) is 5.88 Å². The Hall–Kier alpha value is -2.50. The number of rotatable bonds is 5. The lowest BCUT2D eigenvalue weighted by atomic mass is 10.2. The molecule has 172 valence electrons. The van der Waals surface area contributed by atoms with Crippen molar-refractivity contribution < 1.29 is 26.3 Å². The highest BCUT2D eigenvalue weighted by Crippen LogP contribution is 2.32. The van der Waals surface area contributed by atoms with Crippen LogP contribution in [0.25, 0.3) is 5.57 Å². The van der Waals surface area contributed by atoms with Crippen molar-refractivity contribution in [1.82, 2.24) is 19.2 Å². The van der Waals surface area contributed by atoms with Gasteiger partial charge in [-0.3, -0.25) is 4.90 Å². The van der Waals surface area contributed by atoms with Crippen LogP contribution in [0.2, 0.25) is 0 Å². The van der Waals surface area contributed by atoms with Crippen LogP contribution in [-0.2, 0) is 16.2 Å². The molecule has 2 aliphatic rings. The van der Waals surface area contributed by atoms with Crippen LogP contribution < -0.4 is 4.74 Å². The van der Waals surface area contributed by atoms with Crippen molar-refractivity contribution in [2.24, 2.45) is 0 Å². The highest BCUT2D eigenvalue weighted by atomic mass is 32.2. The molecule has 4 rings (SSSR count). The molecule has 0 spiro atoms. The van der Waals surface area contributed by atoms with Crippen molar-refractivity contribution >= 4 is 15.6 Å². The highest BCUT2D eigenvalue weighted by Gasteiger charge is 2.41. The molecule has 0 bridgehead atoms. The van der Waals surface area contributed by atoms with Crippen LogP contribution in [0.5, 0.6) is 5.88 Å². The molecule has 0 amide bonds. The van der Waals surface area contributed by atoms with Crippen LogP contribution in [-0.4, -0.2) is 65.9 Å². The quantitative estimate of drug-likeness (QED) is 0.672. The lowest BCUT2D eigenvalue weighted by Gasteiger charge is -2.36. The second-order valence-electron chi connectivity index (χ2n) is 8.03. The minimum atomic E-state index is -4.61. The molecule has 0 saturated carbocycles. The standard InChI is InChI=1S/C21H23F3N4O3S/c1-14(2)19-10-26-20(11-25-19)31-17-9-16-12-28(7-6-27(16)13-17)32(29,30)18-5-3-4-15(8-18)21(22,23)24/h3-5,8,10-11,16-17H,1,6-7,9,12-13H2,2H3/t16-,17-/m0/s1. The number of hydrogen-bond donors (Lipinski definition) is 0. The van der Waals surface area contributed by atoms with Crippen LogP contribution in [0, 0.1) is 0 Å². The van der Waals surface area contributed by atoms with Crippen molar-refractivity contribution in [2.75, 3.05) is 26.2 Å². The van der Waals surface area contributed by atoms with Crippen molar-refractivity contribution in [3.63, 3.8) is 0 Å². The van der Waals surface area contributed by atoms with Gasteiger partial charge in [-0.2, -0.15) is 17.5 Å². The molecular formula is C21H23F3N4O3S. The molecule has 1 aromatic heterocycles. The fourth-order valence-electron chi connectivity index (χ4n) is 4.02. The van der Waals surface area contributed by atoms with E-state index in [1.54, 1.807) is 6.20 Å². The molecule has 32 heavy (non-hydrogen) atoms. The summed E-state index contributed by atoms with van der Waals surface area (Å²) < 4.78 is 72.2. The van der Waals surface area contributed by atoms with E-state index in [0.717, 1.165) is 17.7 Å². The maximum Gasteiger partial charge on any atom is 0.416 e. The number of alkyl halides is 3. The molecule has 3 heterocycles. The number of benzene rings is 1. The van der Waals surface area contributed by atoms with Gasteiger partial charge in [0.25, 0.3) is 0 Å². The zero-order valence-corrected chi connectivity index (χ0v) is 18.2. The molecule has 0 N–H and O–H groups in total. The van der Waals surface area contributed by atoms with Gasteiger partial charge in [-0.25, -0.2) is 18.4 Å². The first-order valence-corrected chi connectivity index (χ1v) is 11.5. The predicted molar refractivity (Wildman–Crippen MR) is 111 cm³/mol. The Bertz CT molecular complexity index is 1110. The smallest absolute Gasteiger partial charge is 0.416 e. The number of ether oxygens (including phenoxy) is 1. The van der Waals surface area contributed by atoms with Crippen LogP contribution >= 0.6 is 0 Å². The van der Waals surface area contributed by atoms with E-state index in [1.807, 2.05) is 6.92 Å². The minimum Gasteiger partial charge on any atom is -0.472 e. The molecule has 2 aromatic rings. The maximum atomic E-state index is 13.0. The largest absolute Gasteiger partial charge is 0.472 e. The molecule has 2 saturated heterocycles. The van der Waals surface area contributed by atoms with Gasteiger partial charge in [0.1, 0.15) is 6.10 Å². The Morgan fingerprint density at radius 1 is 1.19 bits per heavy atom. The van der Waals surface area contributed by atoms with Gasteiger partial charge < -0.3 is 4.74 Å². The summed E-state index contributed by atoms with van der Waals surface area (Å²) in [4.78, 5) is 10.3.